The molecule has 1 heterocycles. The molecule has 1 N–H and O–H groups in total. The third kappa shape index (κ3) is 4.62. The predicted octanol–water partition coefficient (Wildman–Crippen LogP) is 4.73. The number of anilines is 1. The Hall–Kier alpha value is -0.760. The third-order valence-electron chi connectivity index (χ3n) is 2.83. The van der Waals surface area contributed by atoms with E-state index in [2.05, 4.69) is 22.4 Å². The summed E-state index contributed by atoms with van der Waals surface area (Å²) in [7, 11) is 0. The fourth-order valence-corrected chi connectivity index (χ4v) is 4.84. The van der Waals surface area contributed by atoms with Gasteiger partial charge in [-0.2, -0.15) is 0 Å². The van der Waals surface area contributed by atoms with Gasteiger partial charge in [-0.25, -0.2) is 0 Å². The van der Waals surface area contributed by atoms with Crippen LogP contribution in [0.2, 0.25) is 5.02 Å². The van der Waals surface area contributed by atoms with Gasteiger partial charge in [-0.1, -0.05) is 59.5 Å². The number of hydrogen-bond donors (Lipinski definition) is 1. The Morgan fingerprint density at radius 1 is 1.41 bits per heavy atom. The highest BCUT2D eigenvalue weighted by Gasteiger charge is 2.18. The van der Waals surface area contributed by atoms with Gasteiger partial charge in [0.15, 0.2) is 8.68 Å². The normalized spacial score (nSPS) is 12.2. The summed E-state index contributed by atoms with van der Waals surface area (Å²) in [4.78, 5) is 12.3. The molecule has 0 spiro atoms. The lowest BCUT2D eigenvalue weighted by Crippen LogP contribution is -2.22. The van der Waals surface area contributed by atoms with Crippen molar-refractivity contribution in [3.63, 3.8) is 0 Å². The van der Waals surface area contributed by atoms with Crippen LogP contribution in [-0.4, -0.2) is 27.1 Å². The number of rotatable bonds is 6. The number of thioether (sulfide) groups is 2. The maximum absolute atomic E-state index is 12.3. The molecule has 2 rings (SSSR count). The number of carbonyl (C=O) groups is 1. The molecule has 1 aromatic heterocycles. The monoisotopic (exact) mass is 373 g/mol. The van der Waals surface area contributed by atoms with Crippen molar-refractivity contribution >= 4 is 58.1 Å². The molecular weight excluding hydrogens is 358 g/mol. The van der Waals surface area contributed by atoms with E-state index < -0.39 is 0 Å². The average Bonchev–Trinajstić information content (AvgIpc) is 2.91. The molecule has 0 bridgehead atoms. The number of amides is 1. The molecule has 118 valence electrons. The summed E-state index contributed by atoms with van der Waals surface area (Å²) >= 11 is 10.6. The molecule has 1 atom stereocenters. The summed E-state index contributed by atoms with van der Waals surface area (Å²) in [6, 6.07) is 5.47. The Labute approximate surface area is 147 Å². The number of nitrogens with zero attached hydrogens (tertiary/aromatic N) is 2. The van der Waals surface area contributed by atoms with E-state index in [-0.39, 0.29) is 11.2 Å². The van der Waals surface area contributed by atoms with Gasteiger partial charge in [0.1, 0.15) is 0 Å². The smallest absolute Gasteiger partial charge is 0.237 e. The van der Waals surface area contributed by atoms with E-state index in [9.17, 15) is 4.79 Å². The van der Waals surface area contributed by atoms with Crippen molar-refractivity contribution in [2.45, 2.75) is 34.7 Å². The third-order valence-corrected chi connectivity index (χ3v) is 6.36. The molecule has 0 aliphatic heterocycles. The molecule has 0 radical (unpaired) electrons. The van der Waals surface area contributed by atoms with Gasteiger partial charge in [-0.15, -0.1) is 10.2 Å². The van der Waals surface area contributed by atoms with Crippen LogP contribution in [0.4, 0.5) is 5.69 Å². The quantitative estimate of drug-likeness (QED) is 0.741. The highest BCUT2D eigenvalue weighted by Crippen LogP contribution is 2.31. The summed E-state index contributed by atoms with van der Waals surface area (Å²) in [5, 5.41) is 11.5. The number of nitrogens with one attached hydrogen (secondary N) is 1. The average molecular weight is 374 g/mol. The van der Waals surface area contributed by atoms with Crippen molar-refractivity contribution in [1.29, 1.82) is 0 Å². The van der Waals surface area contributed by atoms with Gasteiger partial charge < -0.3 is 5.32 Å². The van der Waals surface area contributed by atoms with Gasteiger partial charge in [0.05, 0.1) is 5.25 Å². The maximum Gasteiger partial charge on any atom is 0.237 e. The summed E-state index contributed by atoms with van der Waals surface area (Å²) in [5.74, 6) is 0.888. The number of aromatic nitrogens is 2. The van der Waals surface area contributed by atoms with Gasteiger partial charge >= 0.3 is 0 Å². The lowest BCUT2D eigenvalue weighted by molar-refractivity contribution is -0.115. The molecule has 0 aliphatic carbocycles. The van der Waals surface area contributed by atoms with Gasteiger partial charge in [0.25, 0.3) is 0 Å². The zero-order valence-electron chi connectivity index (χ0n) is 12.4. The molecule has 22 heavy (non-hydrogen) atoms. The highest BCUT2D eigenvalue weighted by atomic mass is 35.5. The molecule has 1 amide bonds. The maximum atomic E-state index is 12.3. The van der Waals surface area contributed by atoms with Crippen LogP contribution in [0.25, 0.3) is 0 Å². The van der Waals surface area contributed by atoms with Crippen molar-refractivity contribution in [3.8, 4) is 0 Å². The summed E-state index contributed by atoms with van der Waals surface area (Å²) in [5.41, 5.74) is 1.61. The van der Waals surface area contributed by atoms with Crippen LogP contribution in [-0.2, 0) is 4.79 Å². The lowest BCUT2D eigenvalue weighted by atomic mass is 10.2. The van der Waals surface area contributed by atoms with E-state index in [4.69, 9.17) is 11.6 Å². The van der Waals surface area contributed by atoms with E-state index in [0.717, 1.165) is 25.7 Å². The SMILES string of the molecule is CCSc1nnc(SC(C)C(=O)Nc2cccc(Cl)c2C)s1. The minimum absolute atomic E-state index is 0.0738. The molecule has 0 aliphatic rings. The van der Waals surface area contributed by atoms with Crippen LogP contribution in [0.1, 0.15) is 19.4 Å². The van der Waals surface area contributed by atoms with Gasteiger partial charge in [0.2, 0.25) is 5.91 Å². The van der Waals surface area contributed by atoms with Gasteiger partial charge in [0, 0.05) is 10.7 Å². The van der Waals surface area contributed by atoms with E-state index in [1.165, 1.54) is 23.1 Å². The van der Waals surface area contributed by atoms with Crippen molar-refractivity contribution in [2.75, 3.05) is 11.1 Å². The predicted molar refractivity (Wildman–Crippen MR) is 96.4 cm³/mol. The minimum atomic E-state index is -0.259. The molecule has 0 fully saturated rings. The fraction of sp³-hybridized carbons (Fsp3) is 0.357. The van der Waals surface area contributed by atoms with Crippen LogP contribution in [0.5, 0.6) is 0 Å². The van der Waals surface area contributed by atoms with Crippen LogP contribution in [0.15, 0.2) is 26.9 Å². The standard InChI is InChI=1S/C14H16ClN3OS3/c1-4-20-13-17-18-14(22-13)21-9(3)12(19)16-11-7-5-6-10(15)8(11)2/h5-7,9H,4H2,1-3H3,(H,16,19). The summed E-state index contributed by atoms with van der Waals surface area (Å²) < 4.78 is 1.74. The fourth-order valence-electron chi connectivity index (χ4n) is 1.61. The molecule has 0 saturated carbocycles. The Bertz CT molecular complexity index is 663. The number of carbonyl (C=O) groups excluding carboxylic acids is 1. The van der Waals surface area contributed by atoms with E-state index in [1.807, 2.05) is 26.0 Å². The first-order valence-electron chi connectivity index (χ1n) is 6.70. The molecule has 4 nitrogen and oxygen atoms in total. The molecular formula is C14H16ClN3OS3. The molecule has 2 aromatic rings. The molecule has 1 unspecified atom stereocenters. The Morgan fingerprint density at radius 3 is 2.86 bits per heavy atom. The highest BCUT2D eigenvalue weighted by molar-refractivity contribution is 8.03. The van der Waals surface area contributed by atoms with Crippen molar-refractivity contribution in [3.05, 3.63) is 28.8 Å². The van der Waals surface area contributed by atoms with Crippen molar-refractivity contribution in [2.24, 2.45) is 0 Å². The summed E-state index contributed by atoms with van der Waals surface area (Å²) in [6.07, 6.45) is 0. The largest absolute Gasteiger partial charge is 0.325 e. The van der Waals surface area contributed by atoms with Crippen molar-refractivity contribution < 1.29 is 4.79 Å². The number of hydrogen-bond acceptors (Lipinski definition) is 6. The zero-order valence-corrected chi connectivity index (χ0v) is 15.6. The van der Waals surface area contributed by atoms with Gasteiger partial charge in [-0.3, -0.25) is 4.79 Å². The van der Waals surface area contributed by atoms with Crippen molar-refractivity contribution in [1.82, 2.24) is 10.2 Å². The van der Waals surface area contributed by atoms with Crippen LogP contribution >= 0.6 is 46.5 Å². The number of benzene rings is 1. The lowest BCUT2D eigenvalue weighted by Gasteiger charge is -2.12. The minimum Gasteiger partial charge on any atom is -0.325 e. The van der Waals surface area contributed by atoms with E-state index in [1.54, 1.807) is 17.8 Å². The Balaban J connectivity index is 1.98. The molecule has 8 heteroatoms. The van der Waals surface area contributed by atoms with E-state index >= 15 is 0 Å². The van der Waals surface area contributed by atoms with E-state index in [0.29, 0.717) is 5.02 Å². The molecule has 1 aromatic carbocycles. The number of halogens is 1. The molecule has 0 saturated heterocycles. The second-order valence-electron chi connectivity index (χ2n) is 4.43. The van der Waals surface area contributed by atoms with Crippen LogP contribution in [0.3, 0.4) is 0 Å². The first-order valence-corrected chi connectivity index (χ1v) is 9.76. The first kappa shape index (κ1) is 17.6. The van der Waals surface area contributed by atoms with Gasteiger partial charge in [-0.05, 0) is 37.3 Å². The first-order chi connectivity index (χ1) is 10.5. The topological polar surface area (TPSA) is 54.9 Å². The second-order valence-corrected chi connectivity index (χ2v) is 8.91. The zero-order chi connectivity index (χ0) is 16.1. The Morgan fingerprint density at radius 2 is 2.14 bits per heavy atom. The summed E-state index contributed by atoms with van der Waals surface area (Å²) in [6.45, 7) is 5.81. The van der Waals surface area contributed by atoms with Crippen LogP contribution < -0.4 is 5.32 Å². The second kappa shape index (κ2) is 8.19. The Kier molecular flexibility index (Phi) is 6.55. The van der Waals surface area contributed by atoms with Crippen LogP contribution in [0, 0.1) is 6.92 Å².